The molecule has 1 heterocycles. The second-order valence-corrected chi connectivity index (χ2v) is 4.70. The van der Waals surface area contributed by atoms with Crippen molar-refractivity contribution >= 4 is 23.9 Å². The number of aliphatic hydroxyl groups is 2. The molecule has 3 atom stereocenters. The Balaban J connectivity index is 0. The second kappa shape index (κ2) is 13.2. The molecule has 1 fully saturated rings. The SMILES string of the molecule is CCC(O)C(=O)O.O=C(O)CC(O)C(=O)O.O=C(O)[C@@H]1CCCN1. The lowest BCUT2D eigenvalue weighted by Crippen LogP contribution is -2.29. The van der Waals surface area contributed by atoms with Crippen LogP contribution >= 0.6 is 0 Å². The van der Waals surface area contributed by atoms with Gasteiger partial charge in [0.25, 0.3) is 0 Å². The van der Waals surface area contributed by atoms with E-state index < -0.39 is 42.5 Å². The van der Waals surface area contributed by atoms with Gasteiger partial charge < -0.3 is 36.0 Å². The number of hydrogen-bond acceptors (Lipinski definition) is 7. The summed E-state index contributed by atoms with van der Waals surface area (Å²) in [6.07, 6.45) is -1.67. The molecule has 0 aromatic rings. The lowest BCUT2D eigenvalue weighted by atomic mass is 10.2. The molecule has 0 spiro atoms. The van der Waals surface area contributed by atoms with Gasteiger partial charge in [0.05, 0.1) is 6.42 Å². The zero-order valence-corrected chi connectivity index (χ0v) is 13.1. The van der Waals surface area contributed by atoms with Crippen LogP contribution in [0.25, 0.3) is 0 Å². The van der Waals surface area contributed by atoms with Crippen molar-refractivity contribution in [3.05, 3.63) is 0 Å². The van der Waals surface area contributed by atoms with Gasteiger partial charge in [0.15, 0.2) is 12.2 Å². The van der Waals surface area contributed by atoms with Gasteiger partial charge in [-0.1, -0.05) is 6.92 Å². The quantitative estimate of drug-likeness (QED) is 0.295. The fraction of sp³-hybridized carbons (Fsp3) is 0.692. The standard InChI is InChI=1S/C5H9NO2.C4H6O5.C4H8O3/c7-5(8)4-2-1-3-6-4;5-2(4(8)9)1-3(6)7;1-2-3(5)4(6)7/h4,6H,1-3H2,(H,7,8);2,5H,1H2,(H,6,7)(H,8,9);3,5H,2H2,1H3,(H,6,7)/t4-;;/m0../s1. The van der Waals surface area contributed by atoms with Crippen LogP contribution in [0.5, 0.6) is 0 Å². The van der Waals surface area contributed by atoms with Crippen molar-refractivity contribution in [2.75, 3.05) is 6.54 Å². The van der Waals surface area contributed by atoms with Crippen LogP contribution in [0.2, 0.25) is 0 Å². The van der Waals surface area contributed by atoms with Gasteiger partial charge in [-0.2, -0.15) is 0 Å². The molecule has 0 saturated carbocycles. The third-order valence-electron chi connectivity index (χ3n) is 2.68. The summed E-state index contributed by atoms with van der Waals surface area (Å²) < 4.78 is 0. The maximum absolute atomic E-state index is 10.1. The van der Waals surface area contributed by atoms with Gasteiger partial charge in [0.1, 0.15) is 6.04 Å². The van der Waals surface area contributed by atoms with Crippen molar-refractivity contribution in [3.8, 4) is 0 Å². The van der Waals surface area contributed by atoms with E-state index in [2.05, 4.69) is 5.32 Å². The molecule has 0 aliphatic carbocycles. The number of aliphatic hydroxyl groups excluding tert-OH is 2. The van der Waals surface area contributed by atoms with E-state index in [4.69, 9.17) is 30.6 Å². The fourth-order valence-corrected chi connectivity index (χ4v) is 1.32. The van der Waals surface area contributed by atoms with Gasteiger partial charge >= 0.3 is 23.9 Å². The topological polar surface area (TPSA) is 202 Å². The Morgan fingerprint density at radius 1 is 1.00 bits per heavy atom. The molecule has 1 saturated heterocycles. The lowest BCUT2D eigenvalue weighted by Gasteiger charge is -1.99. The molecule has 1 rings (SSSR count). The Labute approximate surface area is 137 Å². The minimum atomic E-state index is -1.79. The Hall–Kier alpha value is -2.24. The number of carboxylic acid groups (broad SMARTS) is 4. The van der Waals surface area contributed by atoms with Crippen LogP contribution in [0.1, 0.15) is 32.6 Å². The minimum absolute atomic E-state index is 0.269. The molecular weight excluding hydrogens is 330 g/mol. The highest BCUT2D eigenvalue weighted by Gasteiger charge is 2.20. The molecule has 0 aromatic heterocycles. The highest BCUT2D eigenvalue weighted by molar-refractivity contribution is 5.79. The average Bonchev–Trinajstić information content (AvgIpc) is 3.01. The minimum Gasteiger partial charge on any atom is -0.481 e. The van der Waals surface area contributed by atoms with E-state index in [9.17, 15) is 19.2 Å². The van der Waals surface area contributed by atoms with Crippen LogP contribution in [0.4, 0.5) is 0 Å². The summed E-state index contributed by atoms with van der Waals surface area (Å²) in [6, 6.07) is -0.269. The Kier molecular flexibility index (Phi) is 13.2. The highest BCUT2D eigenvalue weighted by atomic mass is 16.4. The predicted octanol–water partition coefficient (Wildman–Crippen LogP) is -1.43. The van der Waals surface area contributed by atoms with Gasteiger partial charge in [-0.25, -0.2) is 9.59 Å². The molecule has 0 bridgehead atoms. The molecule has 0 radical (unpaired) electrons. The molecule has 24 heavy (non-hydrogen) atoms. The smallest absolute Gasteiger partial charge is 0.333 e. The summed E-state index contributed by atoms with van der Waals surface area (Å²) in [7, 11) is 0. The van der Waals surface area contributed by atoms with Crippen molar-refractivity contribution in [1.82, 2.24) is 5.32 Å². The number of carbonyl (C=O) groups is 4. The van der Waals surface area contributed by atoms with Crippen LogP contribution < -0.4 is 5.32 Å². The first-order valence-electron chi connectivity index (χ1n) is 7.02. The van der Waals surface area contributed by atoms with Gasteiger partial charge in [-0.15, -0.1) is 0 Å². The Morgan fingerprint density at radius 2 is 1.50 bits per heavy atom. The lowest BCUT2D eigenvalue weighted by molar-refractivity contribution is -0.152. The number of carboxylic acids is 4. The Morgan fingerprint density at radius 3 is 1.62 bits per heavy atom. The fourth-order valence-electron chi connectivity index (χ4n) is 1.32. The van der Waals surface area contributed by atoms with Gasteiger partial charge in [-0.05, 0) is 25.8 Å². The van der Waals surface area contributed by atoms with E-state index in [1.807, 2.05) is 0 Å². The van der Waals surface area contributed by atoms with Crippen LogP contribution in [0.3, 0.4) is 0 Å². The molecule has 140 valence electrons. The van der Waals surface area contributed by atoms with Crippen molar-refractivity contribution in [1.29, 1.82) is 0 Å². The molecule has 0 aromatic carbocycles. The zero-order chi connectivity index (χ0) is 19.3. The molecule has 1 aliphatic rings. The monoisotopic (exact) mass is 353 g/mol. The van der Waals surface area contributed by atoms with Crippen molar-refractivity contribution in [2.24, 2.45) is 0 Å². The summed E-state index contributed by atoms with van der Waals surface area (Å²) in [5.74, 6) is -4.72. The molecule has 11 nitrogen and oxygen atoms in total. The normalized spacial score (nSPS) is 18.0. The molecule has 7 N–H and O–H groups in total. The molecular formula is C13H23NO10. The highest BCUT2D eigenvalue weighted by Crippen LogP contribution is 2.03. The summed E-state index contributed by atoms with van der Waals surface area (Å²) in [5.41, 5.74) is 0. The van der Waals surface area contributed by atoms with Gasteiger partial charge in [-0.3, -0.25) is 9.59 Å². The third kappa shape index (κ3) is 13.4. The first-order chi connectivity index (χ1) is 11.0. The maximum Gasteiger partial charge on any atom is 0.333 e. The van der Waals surface area contributed by atoms with E-state index >= 15 is 0 Å². The first kappa shape index (κ1) is 24.0. The van der Waals surface area contributed by atoms with Crippen molar-refractivity contribution in [2.45, 2.75) is 50.9 Å². The van der Waals surface area contributed by atoms with E-state index in [-0.39, 0.29) is 12.5 Å². The number of hydrogen-bond donors (Lipinski definition) is 7. The van der Waals surface area contributed by atoms with E-state index in [0.29, 0.717) is 0 Å². The summed E-state index contributed by atoms with van der Waals surface area (Å²) in [6.45, 7) is 2.47. The van der Waals surface area contributed by atoms with Gasteiger partial charge in [0, 0.05) is 0 Å². The van der Waals surface area contributed by atoms with E-state index in [1.54, 1.807) is 6.92 Å². The van der Waals surface area contributed by atoms with Gasteiger partial charge in [0.2, 0.25) is 0 Å². The van der Waals surface area contributed by atoms with Crippen molar-refractivity contribution < 1.29 is 49.8 Å². The largest absolute Gasteiger partial charge is 0.481 e. The van der Waals surface area contributed by atoms with E-state index in [1.165, 1.54) is 0 Å². The van der Waals surface area contributed by atoms with Crippen LogP contribution in [0, 0.1) is 0 Å². The third-order valence-corrected chi connectivity index (χ3v) is 2.68. The second-order valence-electron chi connectivity index (χ2n) is 4.70. The number of nitrogens with one attached hydrogen (secondary N) is 1. The predicted molar refractivity (Wildman–Crippen MR) is 78.5 cm³/mol. The molecule has 11 heteroatoms. The van der Waals surface area contributed by atoms with Crippen molar-refractivity contribution in [3.63, 3.8) is 0 Å². The molecule has 0 amide bonds. The summed E-state index contributed by atoms with van der Waals surface area (Å²) in [5, 5.41) is 51.6. The Bertz CT molecular complexity index is 419. The first-order valence-corrected chi connectivity index (χ1v) is 7.02. The molecule has 1 aliphatic heterocycles. The van der Waals surface area contributed by atoms with Crippen LogP contribution in [0.15, 0.2) is 0 Å². The average molecular weight is 353 g/mol. The zero-order valence-electron chi connectivity index (χ0n) is 13.1. The number of aliphatic carboxylic acids is 4. The molecule has 2 unspecified atom stereocenters. The van der Waals surface area contributed by atoms with E-state index in [0.717, 1.165) is 19.4 Å². The number of rotatable bonds is 6. The maximum atomic E-state index is 10.1. The van der Waals surface area contributed by atoms with Crippen LogP contribution in [-0.4, -0.2) is 79.3 Å². The van der Waals surface area contributed by atoms with Crippen LogP contribution in [-0.2, 0) is 19.2 Å². The summed E-state index contributed by atoms with van der Waals surface area (Å²) in [4.78, 5) is 39.2. The summed E-state index contributed by atoms with van der Waals surface area (Å²) >= 11 is 0.